The molecule has 2 aliphatic rings. The number of piperazine rings is 1. The minimum absolute atomic E-state index is 0.431. The molecule has 0 radical (unpaired) electrons. The molecule has 0 amide bonds. The van der Waals surface area contributed by atoms with Crippen LogP contribution in [0.25, 0.3) is 0 Å². The summed E-state index contributed by atoms with van der Waals surface area (Å²) in [4.78, 5) is 9.40. The molecule has 1 aliphatic carbocycles. The van der Waals surface area contributed by atoms with Gasteiger partial charge in [-0.15, -0.1) is 0 Å². The van der Waals surface area contributed by atoms with E-state index >= 15 is 0 Å². The van der Waals surface area contributed by atoms with Crippen molar-refractivity contribution in [1.82, 2.24) is 19.4 Å². The summed E-state index contributed by atoms with van der Waals surface area (Å²) >= 11 is 0. The van der Waals surface area contributed by atoms with Crippen LogP contribution in [0.15, 0.2) is 12.4 Å². The SMILES string of the molecule is C[C@@H]1CN(CC2(O)CCCCC2)CCN1Cc1nccn1C. The molecule has 1 N–H and O–H groups in total. The zero-order chi connectivity index (χ0) is 15.6. The average molecular weight is 306 g/mol. The molecule has 1 aromatic rings. The minimum atomic E-state index is -0.431. The third kappa shape index (κ3) is 3.70. The van der Waals surface area contributed by atoms with E-state index in [4.69, 9.17) is 0 Å². The molecule has 2 heterocycles. The maximum Gasteiger partial charge on any atom is 0.122 e. The van der Waals surface area contributed by atoms with Crippen molar-refractivity contribution in [2.75, 3.05) is 26.2 Å². The molecule has 1 saturated heterocycles. The Morgan fingerprint density at radius 1 is 1.27 bits per heavy atom. The van der Waals surface area contributed by atoms with Crippen LogP contribution in [-0.4, -0.2) is 62.3 Å². The number of aryl methyl sites for hydroxylation is 1. The first kappa shape index (κ1) is 16.0. The van der Waals surface area contributed by atoms with Gasteiger partial charge in [0.25, 0.3) is 0 Å². The van der Waals surface area contributed by atoms with Gasteiger partial charge in [-0.05, 0) is 19.8 Å². The maximum atomic E-state index is 10.8. The van der Waals surface area contributed by atoms with Crippen LogP contribution >= 0.6 is 0 Å². The number of rotatable bonds is 4. The summed E-state index contributed by atoms with van der Waals surface area (Å²) in [6.45, 7) is 7.23. The lowest BCUT2D eigenvalue weighted by atomic mass is 9.84. The monoisotopic (exact) mass is 306 g/mol. The largest absolute Gasteiger partial charge is 0.389 e. The first-order valence-corrected chi connectivity index (χ1v) is 8.71. The van der Waals surface area contributed by atoms with Crippen LogP contribution in [0.4, 0.5) is 0 Å². The predicted molar refractivity (Wildman–Crippen MR) is 87.6 cm³/mol. The van der Waals surface area contributed by atoms with Crippen molar-refractivity contribution in [2.45, 2.75) is 57.2 Å². The Balaban J connectivity index is 1.52. The maximum absolute atomic E-state index is 10.8. The summed E-state index contributed by atoms with van der Waals surface area (Å²) in [6.07, 6.45) is 9.50. The molecule has 2 fully saturated rings. The number of hydrogen-bond donors (Lipinski definition) is 1. The quantitative estimate of drug-likeness (QED) is 0.918. The van der Waals surface area contributed by atoms with Gasteiger partial charge in [0, 0.05) is 51.7 Å². The Morgan fingerprint density at radius 2 is 2.05 bits per heavy atom. The van der Waals surface area contributed by atoms with E-state index in [2.05, 4.69) is 33.3 Å². The fourth-order valence-corrected chi connectivity index (χ4v) is 3.96. The van der Waals surface area contributed by atoms with Gasteiger partial charge in [-0.2, -0.15) is 0 Å². The number of aliphatic hydroxyl groups is 1. The van der Waals surface area contributed by atoms with Gasteiger partial charge in [0.05, 0.1) is 12.1 Å². The van der Waals surface area contributed by atoms with E-state index in [0.29, 0.717) is 6.04 Å². The molecule has 1 saturated carbocycles. The molecule has 124 valence electrons. The lowest BCUT2D eigenvalue weighted by Gasteiger charge is -2.43. The zero-order valence-electron chi connectivity index (χ0n) is 14.0. The Labute approximate surface area is 133 Å². The van der Waals surface area contributed by atoms with E-state index in [-0.39, 0.29) is 0 Å². The van der Waals surface area contributed by atoms with Crippen LogP contribution in [0.5, 0.6) is 0 Å². The minimum Gasteiger partial charge on any atom is -0.389 e. The lowest BCUT2D eigenvalue weighted by molar-refractivity contribution is -0.0434. The number of nitrogens with zero attached hydrogens (tertiary/aromatic N) is 4. The Kier molecular flexibility index (Phi) is 4.85. The predicted octanol–water partition coefficient (Wildman–Crippen LogP) is 1.62. The lowest BCUT2D eigenvalue weighted by Crippen LogP contribution is -2.55. The van der Waals surface area contributed by atoms with E-state index in [1.807, 2.05) is 12.4 Å². The first-order valence-electron chi connectivity index (χ1n) is 8.71. The topological polar surface area (TPSA) is 44.5 Å². The number of imidazole rings is 1. The first-order chi connectivity index (χ1) is 10.6. The summed E-state index contributed by atoms with van der Waals surface area (Å²) < 4.78 is 2.10. The Morgan fingerprint density at radius 3 is 2.68 bits per heavy atom. The summed E-state index contributed by atoms with van der Waals surface area (Å²) in [7, 11) is 2.06. The van der Waals surface area contributed by atoms with Crippen molar-refractivity contribution < 1.29 is 5.11 Å². The van der Waals surface area contributed by atoms with Gasteiger partial charge in [-0.1, -0.05) is 19.3 Å². The van der Waals surface area contributed by atoms with Crippen molar-refractivity contribution in [3.8, 4) is 0 Å². The highest BCUT2D eigenvalue weighted by Gasteiger charge is 2.34. The highest BCUT2D eigenvalue weighted by atomic mass is 16.3. The fourth-order valence-electron chi connectivity index (χ4n) is 3.96. The van der Waals surface area contributed by atoms with Gasteiger partial charge in [-0.25, -0.2) is 4.98 Å². The standard InChI is InChI=1S/C17H30N4O/c1-15-12-20(14-17(22)6-4-3-5-7-17)10-11-21(15)13-16-18-8-9-19(16)2/h8-9,15,22H,3-7,10-14H2,1-2H3/t15-/m1/s1. The average Bonchev–Trinajstić information content (AvgIpc) is 2.88. The second-order valence-corrected chi connectivity index (χ2v) is 7.29. The van der Waals surface area contributed by atoms with E-state index in [0.717, 1.165) is 51.4 Å². The van der Waals surface area contributed by atoms with Crippen LogP contribution < -0.4 is 0 Å². The van der Waals surface area contributed by atoms with Crippen LogP contribution in [-0.2, 0) is 13.6 Å². The molecular formula is C17H30N4O. The summed E-state index contributed by atoms with van der Waals surface area (Å²) in [5.74, 6) is 1.13. The highest BCUT2D eigenvalue weighted by molar-refractivity contribution is 4.94. The number of β-amino-alcohol motifs (C(OH)–C–C–N with tert-alkyl or cyclic N) is 1. The summed E-state index contributed by atoms with van der Waals surface area (Å²) in [5.41, 5.74) is -0.431. The van der Waals surface area contributed by atoms with Gasteiger partial charge in [-0.3, -0.25) is 9.80 Å². The van der Waals surface area contributed by atoms with E-state index < -0.39 is 5.60 Å². The van der Waals surface area contributed by atoms with Gasteiger partial charge in [0.1, 0.15) is 5.82 Å². The Hall–Kier alpha value is -0.910. The molecule has 1 atom stereocenters. The third-order valence-electron chi connectivity index (χ3n) is 5.42. The fraction of sp³-hybridized carbons (Fsp3) is 0.824. The smallest absolute Gasteiger partial charge is 0.122 e. The molecular weight excluding hydrogens is 276 g/mol. The molecule has 0 aromatic carbocycles. The molecule has 5 nitrogen and oxygen atoms in total. The van der Waals surface area contributed by atoms with E-state index in [9.17, 15) is 5.11 Å². The van der Waals surface area contributed by atoms with Crippen molar-refractivity contribution in [3.05, 3.63) is 18.2 Å². The molecule has 1 aromatic heterocycles. The summed E-state index contributed by atoms with van der Waals surface area (Å²) in [5, 5.41) is 10.8. The summed E-state index contributed by atoms with van der Waals surface area (Å²) in [6, 6.07) is 0.512. The van der Waals surface area contributed by atoms with Crippen LogP contribution in [0, 0.1) is 0 Å². The van der Waals surface area contributed by atoms with Crippen LogP contribution in [0.2, 0.25) is 0 Å². The Bertz CT molecular complexity index is 481. The molecule has 0 bridgehead atoms. The third-order valence-corrected chi connectivity index (χ3v) is 5.42. The van der Waals surface area contributed by atoms with Crippen LogP contribution in [0.3, 0.4) is 0 Å². The molecule has 0 spiro atoms. The van der Waals surface area contributed by atoms with Gasteiger partial charge >= 0.3 is 0 Å². The van der Waals surface area contributed by atoms with Gasteiger partial charge < -0.3 is 9.67 Å². The van der Waals surface area contributed by atoms with Crippen molar-refractivity contribution >= 4 is 0 Å². The van der Waals surface area contributed by atoms with Gasteiger partial charge in [0.15, 0.2) is 0 Å². The zero-order valence-corrected chi connectivity index (χ0v) is 14.0. The second kappa shape index (κ2) is 6.69. The molecule has 5 heteroatoms. The molecule has 1 aliphatic heterocycles. The van der Waals surface area contributed by atoms with Gasteiger partial charge in [0.2, 0.25) is 0 Å². The van der Waals surface area contributed by atoms with E-state index in [1.54, 1.807) is 0 Å². The number of aromatic nitrogens is 2. The molecule has 22 heavy (non-hydrogen) atoms. The molecule has 0 unspecified atom stereocenters. The van der Waals surface area contributed by atoms with E-state index in [1.165, 1.54) is 19.3 Å². The second-order valence-electron chi connectivity index (χ2n) is 7.29. The van der Waals surface area contributed by atoms with Crippen molar-refractivity contribution in [1.29, 1.82) is 0 Å². The molecule has 3 rings (SSSR count). The van der Waals surface area contributed by atoms with Crippen molar-refractivity contribution in [2.24, 2.45) is 7.05 Å². The normalized spacial score (nSPS) is 27.1. The van der Waals surface area contributed by atoms with Crippen molar-refractivity contribution in [3.63, 3.8) is 0 Å². The highest BCUT2D eigenvalue weighted by Crippen LogP contribution is 2.29. The van der Waals surface area contributed by atoms with Crippen LogP contribution in [0.1, 0.15) is 44.9 Å². The number of hydrogen-bond acceptors (Lipinski definition) is 4.